The standard InChI is InChI=1S/C20H23N3O4/c1-2-27-17-10-6-5-9-16(17)21-20(26)22-11-13(12-22)23-18(24)14-7-3-4-8-15(14)19(23)25/h3-6,9-10,13-15H,2,7-8,11-12H2,1H3,(H,21,26). The van der Waals surface area contributed by atoms with Crippen molar-refractivity contribution in [3.8, 4) is 5.75 Å². The number of fused-ring (bicyclic) bond motifs is 1. The van der Waals surface area contributed by atoms with E-state index in [-0.39, 0.29) is 35.7 Å². The monoisotopic (exact) mass is 369 g/mol. The topological polar surface area (TPSA) is 79.0 Å². The molecule has 1 aliphatic carbocycles. The highest BCUT2D eigenvalue weighted by Gasteiger charge is 2.52. The van der Waals surface area contributed by atoms with Gasteiger partial charge in [-0.25, -0.2) is 4.79 Å². The minimum Gasteiger partial charge on any atom is -0.492 e. The molecule has 0 spiro atoms. The van der Waals surface area contributed by atoms with Crippen LogP contribution in [0.4, 0.5) is 10.5 Å². The lowest BCUT2D eigenvalue weighted by Crippen LogP contribution is -2.63. The van der Waals surface area contributed by atoms with Crippen molar-refractivity contribution in [3.05, 3.63) is 36.4 Å². The Morgan fingerprint density at radius 1 is 1.11 bits per heavy atom. The molecule has 7 heteroatoms. The molecule has 1 aromatic carbocycles. The number of likely N-dealkylation sites (tertiary alicyclic amines) is 2. The molecule has 0 saturated carbocycles. The van der Waals surface area contributed by atoms with E-state index >= 15 is 0 Å². The van der Waals surface area contributed by atoms with Gasteiger partial charge < -0.3 is 15.0 Å². The van der Waals surface area contributed by atoms with Gasteiger partial charge in [-0.1, -0.05) is 24.3 Å². The SMILES string of the molecule is CCOc1ccccc1NC(=O)N1CC(N2C(=O)C3CC=CCC3C2=O)C1. The van der Waals surface area contributed by atoms with E-state index in [1.807, 2.05) is 31.2 Å². The van der Waals surface area contributed by atoms with Crippen molar-refractivity contribution in [2.45, 2.75) is 25.8 Å². The first kappa shape index (κ1) is 17.6. The number of carbonyl (C=O) groups excluding carboxylic acids is 3. The zero-order valence-corrected chi connectivity index (χ0v) is 15.3. The summed E-state index contributed by atoms with van der Waals surface area (Å²) in [5.41, 5.74) is 0.609. The van der Waals surface area contributed by atoms with E-state index < -0.39 is 0 Å². The van der Waals surface area contributed by atoms with Crippen LogP contribution < -0.4 is 10.1 Å². The molecular formula is C20H23N3O4. The predicted octanol–water partition coefficient (Wildman–Crippen LogP) is 2.25. The number of hydrogen-bond acceptors (Lipinski definition) is 4. The van der Waals surface area contributed by atoms with Crippen molar-refractivity contribution >= 4 is 23.5 Å². The molecule has 1 N–H and O–H groups in total. The van der Waals surface area contributed by atoms with Crippen LogP contribution in [-0.4, -0.2) is 53.4 Å². The minimum atomic E-state index is -0.253. The summed E-state index contributed by atoms with van der Waals surface area (Å²) in [7, 11) is 0. The highest BCUT2D eigenvalue weighted by Crippen LogP contribution is 2.37. The predicted molar refractivity (Wildman–Crippen MR) is 99.2 cm³/mol. The molecule has 2 fully saturated rings. The van der Waals surface area contributed by atoms with Crippen LogP contribution in [-0.2, 0) is 9.59 Å². The van der Waals surface area contributed by atoms with Crippen LogP contribution in [0.5, 0.6) is 5.75 Å². The molecule has 3 aliphatic rings. The number of nitrogens with one attached hydrogen (secondary N) is 1. The molecule has 4 rings (SSSR count). The molecule has 4 amide bonds. The number of anilines is 1. The van der Waals surface area contributed by atoms with E-state index in [0.717, 1.165) is 0 Å². The molecule has 7 nitrogen and oxygen atoms in total. The van der Waals surface area contributed by atoms with E-state index in [2.05, 4.69) is 5.32 Å². The second-order valence-corrected chi connectivity index (χ2v) is 7.12. The molecule has 27 heavy (non-hydrogen) atoms. The molecule has 2 saturated heterocycles. The van der Waals surface area contributed by atoms with Gasteiger partial charge in [-0.2, -0.15) is 0 Å². The quantitative estimate of drug-likeness (QED) is 0.652. The van der Waals surface area contributed by atoms with Crippen LogP contribution in [0.25, 0.3) is 0 Å². The van der Waals surface area contributed by atoms with Crippen LogP contribution in [0.1, 0.15) is 19.8 Å². The second-order valence-electron chi connectivity index (χ2n) is 7.12. The summed E-state index contributed by atoms with van der Waals surface area (Å²) in [6, 6.07) is 6.79. The first-order valence-corrected chi connectivity index (χ1v) is 9.39. The maximum absolute atomic E-state index is 12.6. The average molecular weight is 369 g/mol. The van der Waals surface area contributed by atoms with E-state index in [4.69, 9.17) is 4.74 Å². The number of benzene rings is 1. The fourth-order valence-corrected chi connectivity index (χ4v) is 4.02. The van der Waals surface area contributed by atoms with Gasteiger partial charge in [0.05, 0.1) is 30.2 Å². The van der Waals surface area contributed by atoms with Crippen molar-refractivity contribution in [2.24, 2.45) is 11.8 Å². The molecule has 142 valence electrons. The maximum Gasteiger partial charge on any atom is 0.322 e. The third-order valence-corrected chi connectivity index (χ3v) is 5.48. The van der Waals surface area contributed by atoms with E-state index in [9.17, 15) is 14.4 Å². The molecule has 2 atom stereocenters. The van der Waals surface area contributed by atoms with Gasteiger partial charge >= 0.3 is 6.03 Å². The zero-order chi connectivity index (χ0) is 19.0. The Labute approximate surface area is 158 Å². The molecule has 0 aromatic heterocycles. The second kappa shape index (κ2) is 7.06. The van der Waals surface area contributed by atoms with Crippen LogP contribution in [0.15, 0.2) is 36.4 Å². The summed E-state index contributed by atoms with van der Waals surface area (Å²) in [6.45, 7) is 3.13. The van der Waals surface area contributed by atoms with Crippen molar-refractivity contribution in [3.63, 3.8) is 0 Å². The molecular weight excluding hydrogens is 346 g/mol. The van der Waals surface area contributed by atoms with Gasteiger partial charge in [-0.3, -0.25) is 14.5 Å². The first-order chi connectivity index (χ1) is 13.1. The summed E-state index contributed by atoms with van der Waals surface area (Å²) in [5, 5.41) is 2.84. The van der Waals surface area contributed by atoms with Crippen molar-refractivity contribution < 1.29 is 19.1 Å². The third-order valence-electron chi connectivity index (χ3n) is 5.48. The highest BCUT2D eigenvalue weighted by molar-refractivity contribution is 6.06. The van der Waals surface area contributed by atoms with E-state index in [0.29, 0.717) is 44.0 Å². The zero-order valence-electron chi connectivity index (χ0n) is 15.3. The number of carbonyl (C=O) groups is 3. The highest BCUT2D eigenvalue weighted by atomic mass is 16.5. The third kappa shape index (κ3) is 3.07. The summed E-state index contributed by atoms with van der Waals surface area (Å²) < 4.78 is 5.52. The van der Waals surface area contributed by atoms with E-state index in [1.54, 1.807) is 17.0 Å². The number of allylic oxidation sites excluding steroid dienone is 2. The summed E-state index contributed by atoms with van der Waals surface area (Å²) in [5.74, 6) is 0.0148. The van der Waals surface area contributed by atoms with Crippen LogP contribution in [0.2, 0.25) is 0 Å². The van der Waals surface area contributed by atoms with Crippen molar-refractivity contribution in [2.75, 3.05) is 25.0 Å². The molecule has 2 aliphatic heterocycles. The summed E-state index contributed by atoms with van der Waals surface area (Å²) in [4.78, 5) is 40.7. The van der Waals surface area contributed by atoms with Gasteiger partial charge in [0.15, 0.2) is 0 Å². The molecule has 1 aromatic rings. The lowest BCUT2D eigenvalue weighted by Gasteiger charge is -2.43. The average Bonchev–Trinajstić information content (AvgIpc) is 2.88. The number of amides is 4. The Balaban J connectivity index is 1.36. The van der Waals surface area contributed by atoms with Crippen molar-refractivity contribution in [1.29, 1.82) is 0 Å². The van der Waals surface area contributed by atoms with Crippen LogP contribution in [0, 0.1) is 11.8 Å². The number of para-hydroxylation sites is 2. The fourth-order valence-electron chi connectivity index (χ4n) is 4.02. The lowest BCUT2D eigenvalue weighted by atomic mass is 9.85. The number of ether oxygens (including phenoxy) is 1. The number of hydrogen-bond donors (Lipinski definition) is 1. The van der Waals surface area contributed by atoms with Gasteiger partial charge in [0.25, 0.3) is 0 Å². The van der Waals surface area contributed by atoms with Crippen molar-refractivity contribution in [1.82, 2.24) is 9.80 Å². The number of urea groups is 1. The number of imide groups is 1. The van der Waals surface area contributed by atoms with Gasteiger partial charge in [-0.05, 0) is 31.9 Å². The van der Waals surface area contributed by atoms with Gasteiger partial charge in [0, 0.05) is 13.1 Å². The van der Waals surface area contributed by atoms with Gasteiger partial charge in [0.2, 0.25) is 11.8 Å². The fraction of sp³-hybridized carbons (Fsp3) is 0.450. The molecule has 2 unspecified atom stereocenters. The Bertz CT molecular complexity index is 774. The van der Waals surface area contributed by atoms with Gasteiger partial charge in [-0.15, -0.1) is 0 Å². The molecule has 0 radical (unpaired) electrons. The lowest BCUT2D eigenvalue weighted by molar-refractivity contribution is -0.145. The molecule has 2 heterocycles. The van der Waals surface area contributed by atoms with E-state index in [1.165, 1.54) is 4.90 Å². The summed E-state index contributed by atoms with van der Waals surface area (Å²) in [6.07, 6.45) is 5.23. The Morgan fingerprint density at radius 2 is 1.74 bits per heavy atom. The first-order valence-electron chi connectivity index (χ1n) is 9.39. The number of nitrogens with zero attached hydrogens (tertiary/aromatic N) is 2. The number of rotatable bonds is 4. The smallest absolute Gasteiger partial charge is 0.322 e. The minimum absolute atomic E-state index is 0.0823. The Kier molecular flexibility index (Phi) is 4.59. The summed E-state index contributed by atoms with van der Waals surface area (Å²) >= 11 is 0. The van der Waals surface area contributed by atoms with Crippen LogP contribution in [0.3, 0.4) is 0 Å². The Hall–Kier alpha value is -2.83. The molecule has 0 bridgehead atoms. The van der Waals surface area contributed by atoms with Crippen LogP contribution >= 0.6 is 0 Å². The normalized spacial score (nSPS) is 24.6. The Morgan fingerprint density at radius 3 is 2.37 bits per heavy atom. The van der Waals surface area contributed by atoms with Gasteiger partial charge in [0.1, 0.15) is 5.75 Å². The largest absolute Gasteiger partial charge is 0.492 e. The maximum atomic E-state index is 12.6.